The van der Waals surface area contributed by atoms with Crippen molar-refractivity contribution in [3.63, 3.8) is 0 Å². The summed E-state index contributed by atoms with van der Waals surface area (Å²) in [6.45, 7) is 0.0989. The average Bonchev–Trinajstić information content (AvgIpc) is 2.53. The molecule has 0 aliphatic heterocycles. The largest absolute Gasteiger partial charge is 0.349 e. The SMILES string of the molecule is O=C(NCC1(Cc2ccc(F)cc2F)CC(F)C1)c1nccc(=O)[nH]1. The summed E-state index contributed by atoms with van der Waals surface area (Å²) >= 11 is 0. The van der Waals surface area contributed by atoms with Gasteiger partial charge in [0.05, 0.1) is 0 Å². The van der Waals surface area contributed by atoms with Gasteiger partial charge in [0.1, 0.15) is 17.8 Å². The number of alkyl halides is 1. The van der Waals surface area contributed by atoms with Gasteiger partial charge in [0.2, 0.25) is 0 Å². The van der Waals surface area contributed by atoms with Crippen molar-refractivity contribution in [2.45, 2.75) is 25.4 Å². The quantitative estimate of drug-likeness (QED) is 0.867. The molecular formula is C17H16F3N3O2. The van der Waals surface area contributed by atoms with E-state index in [0.29, 0.717) is 0 Å². The topological polar surface area (TPSA) is 74.8 Å². The smallest absolute Gasteiger partial charge is 0.287 e. The standard InChI is InChI=1S/C17H16F3N3O2/c18-11-2-1-10(13(20)5-11)6-17(7-12(19)8-17)9-22-16(25)15-21-4-3-14(24)23-15/h1-5,12H,6-9H2,(H,22,25)(H,21,23,24). The second-order valence-electron chi connectivity index (χ2n) is 6.38. The number of amides is 1. The summed E-state index contributed by atoms with van der Waals surface area (Å²) in [4.78, 5) is 29.3. The maximum Gasteiger partial charge on any atom is 0.287 e. The first-order chi connectivity index (χ1) is 11.9. The number of H-pyrrole nitrogens is 1. The molecule has 1 aliphatic rings. The Kier molecular flexibility index (Phi) is 4.61. The first-order valence-electron chi connectivity index (χ1n) is 7.78. The summed E-state index contributed by atoms with van der Waals surface area (Å²) in [5.74, 6) is -2.12. The van der Waals surface area contributed by atoms with E-state index in [1.54, 1.807) is 0 Å². The highest BCUT2D eigenvalue weighted by molar-refractivity contribution is 5.90. The second kappa shape index (κ2) is 6.70. The van der Waals surface area contributed by atoms with Crippen molar-refractivity contribution >= 4 is 5.91 Å². The predicted octanol–water partition coefficient (Wildman–Crippen LogP) is 2.14. The highest BCUT2D eigenvalue weighted by Crippen LogP contribution is 2.45. The molecule has 25 heavy (non-hydrogen) atoms. The molecule has 1 saturated carbocycles. The summed E-state index contributed by atoms with van der Waals surface area (Å²) in [7, 11) is 0. The van der Waals surface area contributed by atoms with Gasteiger partial charge >= 0.3 is 0 Å². The van der Waals surface area contributed by atoms with Crippen LogP contribution in [0.3, 0.4) is 0 Å². The van der Waals surface area contributed by atoms with Gasteiger partial charge < -0.3 is 10.3 Å². The third-order valence-corrected chi connectivity index (χ3v) is 4.40. The van der Waals surface area contributed by atoms with Crippen molar-refractivity contribution < 1.29 is 18.0 Å². The molecule has 0 saturated heterocycles. The number of halogens is 3. The van der Waals surface area contributed by atoms with Crippen LogP contribution in [0.25, 0.3) is 0 Å². The zero-order valence-corrected chi connectivity index (χ0v) is 13.2. The van der Waals surface area contributed by atoms with E-state index in [2.05, 4.69) is 15.3 Å². The minimum Gasteiger partial charge on any atom is -0.349 e. The number of aromatic amines is 1. The van der Waals surface area contributed by atoms with E-state index in [9.17, 15) is 22.8 Å². The molecule has 1 aromatic heterocycles. The molecule has 3 rings (SSSR count). The maximum atomic E-state index is 13.9. The van der Waals surface area contributed by atoms with Crippen LogP contribution < -0.4 is 10.9 Å². The van der Waals surface area contributed by atoms with Gasteiger partial charge in [-0.25, -0.2) is 18.2 Å². The Bertz CT molecular complexity index is 847. The zero-order chi connectivity index (χ0) is 18.0. The van der Waals surface area contributed by atoms with Crippen molar-refractivity contribution in [1.82, 2.24) is 15.3 Å². The lowest BCUT2D eigenvalue weighted by Crippen LogP contribution is -2.49. The Labute approximate surface area is 141 Å². The number of benzene rings is 1. The van der Waals surface area contributed by atoms with Gasteiger partial charge in [-0.3, -0.25) is 9.59 Å². The molecule has 0 bridgehead atoms. The Balaban J connectivity index is 1.70. The molecule has 0 spiro atoms. The average molecular weight is 351 g/mol. The summed E-state index contributed by atoms with van der Waals surface area (Å²) in [5.41, 5.74) is -0.840. The van der Waals surface area contributed by atoms with E-state index < -0.39 is 34.7 Å². The summed E-state index contributed by atoms with van der Waals surface area (Å²) in [6, 6.07) is 4.44. The molecule has 1 aliphatic carbocycles. The third kappa shape index (κ3) is 3.89. The van der Waals surface area contributed by atoms with E-state index in [1.807, 2.05) is 0 Å². The number of carbonyl (C=O) groups excluding carboxylic acids is 1. The molecule has 2 N–H and O–H groups in total. The van der Waals surface area contributed by atoms with E-state index >= 15 is 0 Å². The van der Waals surface area contributed by atoms with Gasteiger partial charge in [0.15, 0.2) is 5.82 Å². The van der Waals surface area contributed by atoms with Crippen LogP contribution in [0.15, 0.2) is 35.3 Å². The predicted molar refractivity (Wildman–Crippen MR) is 83.8 cm³/mol. The van der Waals surface area contributed by atoms with Crippen molar-refractivity contribution in [1.29, 1.82) is 0 Å². The number of hydrogen-bond acceptors (Lipinski definition) is 3. The lowest BCUT2D eigenvalue weighted by Gasteiger charge is -2.44. The lowest BCUT2D eigenvalue weighted by molar-refractivity contribution is 0.0244. The van der Waals surface area contributed by atoms with Crippen LogP contribution in [-0.4, -0.2) is 28.6 Å². The van der Waals surface area contributed by atoms with Crippen molar-refractivity contribution in [2.24, 2.45) is 5.41 Å². The van der Waals surface area contributed by atoms with Crippen LogP contribution in [-0.2, 0) is 6.42 Å². The molecule has 1 fully saturated rings. The molecule has 0 atom stereocenters. The number of hydrogen-bond donors (Lipinski definition) is 2. The summed E-state index contributed by atoms with van der Waals surface area (Å²) in [6.07, 6.45) is 0.706. The van der Waals surface area contributed by atoms with E-state index in [-0.39, 0.29) is 37.2 Å². The number of nitrogens with one attached hydrogen (secondary N) is 2. The van der Waals surface area contributed by atoms with E-state index in [0.717, 1.165) is 12.1 Å². The van der Waals surface area contributed by atoms with Crippen LogP contribution in [0.2, 0.25) is 0 Å². The van der Waals surface area contributed by atoms with Gasteiger partial charge in [0.25, 0.3) is 11.5 Å². The number of aromatic nitrogens is 2. The Morgan fingerprint density at radius 1 is 1.32 bits per heavy atom. The summed E-state index contributed by atoms with van der Waals surface area (Å²) < 4.78 is 40.3. The Morgan fingerprint density at radius 2 is 2.08 bits per heavy atom. The highest BCUT2D eigenvalue weighted by atomic mass is 19.1. The van der Waals surface area contributed by atoms with Crippen LogP contribution in [0.5, 0.6) is 0 Å². The van der Waals surface area contributed by atoms with Crippen LogP contribution in [0, 0.1) is 17.0 Å². The first-order valence-corrected chi connectivity index (χ1v) is 7.78. The van der Waals surface area contributed by atoms with Gasteiger partial charge in [-0.2, -0.15) is 0 Å². The Morgan fingerprint density at radius 3 is 2.72 bits per heavy atom. The minimum absolute atomic E-state index is 0.0989. The highest BCUT2D eigenvalue weighted by Gasteiger charge is 2.45. The van der Waals surface area contributed by atoms with Gasteiger partial charge in [-0.1, -0.05) is 6.07 Å². The number of nitrogens with zero attached hydrogens (tertiary/aromatic N) is 1. The fourth-order valence-electron chi connectivity index (χ4n) is 3.14. The van der Waals surface area contributed by atoms with Gasteiger partial charge in [-0.05, 0) is 36.3 Å². The molecule has 8 heteroatoms. The molecule has 0 unspecified atom stereocenters. The molecule has 0 radical (unpaired) electrons. The lowest BCUT2D eigenvalue weighted by atomic mass is 9.64. The fraction of sp³-hybridized carbons (Fsp3) is 0.353. The molecule has 1 amide bonds. The van der Waals surface area contributed by atoms with Gasteiger partial charge in [-0.15, -0.1) is 0 Å². The Hall–Kier alpha value is -2.64. The van der Waals surface area contributed by atoms with Crippen LogP contribution in [0.1, 0.15) is 29.0 Å². The van der Waals surface area contributed by atoms with Crippen molar-refractivity contribution in [3.05, 3.63) is 63.8 Å². The first kappa shape index (κ1) is 17.2. The monoisotopic (exact) mass is 351 g/mol. The minimum atomic E-state index is -1.02. The normalized spacial score (nSPS) is 22.3. The molecular weight excluding hydrogens is 335 g/mol. The fourth-order valence-corrected chi connectivity index (χ4v) is 3.14. The molecule has 132 valence electrons. The molecule has 1 heterocycles. The van der Waals surface area contributed by atoms with Crippen LogP contribution >= 0.6 is 0 Å². The van der Waals surface area contributed by atoms with E-state index in [1.165, 1.54) is 18.3 Å². The number of rotatable bonds is 5. The van der Waals surface area contributed by atoms with Gasteiger partial charge in [0, 0.05) is 24.9 Å². The van der Waals surface area contributed by atoms with Crippen LogP contribution in [0.4, 0.5) is 13.2 Å². The van der Waals surface area contributed by atoms with Crippen molar-refractivity contribution in [3.8, 4) is 0 Å². The zero-order valence-electron chi connectivity index (χ0n) is 13.2. The maximum absolute atomic E-state index is 13.9. The molecule has 2 aromatic rings. The second-order valence-corrected chi connectivity index (χ2v) is 6.38. The molecule has 5 nitrogen and oxygen atoms in total. The van der Waals surface area contributed by atoms with Crippen molar-refractivity contribution in [2.75, 3.05) is 6.54 Å². The third-order valence-electron chi connectivity index (χ3n) is 4.40. The number of carbonyl (C=O) groups is 1. The summed E-state index contributed by atoms with van der Waals surface area (Å²) in [5, 5.41) is 2.61. The molecule has 1 aromatic carbocycles. The van der Waals surface area contributed by atoms with E-state index in [4.69, 9.17) is 0 Å².